The molecule has 0 amide bonds. The molecule has 2 aliphatic carbocycles. The fraction of sp³-hybridized carbons (Fsp3) is 0.750. The molecule has 1 fully saturated rings. The van der Waals surface area contributed by atoms with Crippen LogP contribution in [0.15, 0.2) is 35.0 Å². The van der Waals surface area contributed by atoms with Crippen molar-refractivity contribution in [3.05, 3.63) is 36.3 Å². The summed E-state index contributed by atoms with van der Waals surface area (Å²) in [5, 5.41) is -0.0699. The van der Waals surface area contributed by atoms with E-state index in [0.717, 1.165) is 6.42 Å². The van der Waals surface area contributed by atoms with Crippen LogP contribution in [-0.4, -0.2) is 47.2 Å². The van der Waals surface area contributed by atoms with Crippen molar-refractivity contribution < 1.29 is 27.6 Å². The molecule has 3 rings (SSSR count). The van der Waals surface area contributed by atoms with Crippen LogP contribution < -0.4 is 0 Å². The Labute approximate surface area is 244 Å². The summed E-state index contributed by atoms with van der Waals surface area (Å²) in [5.74, 6) is -0.534. The van der Waals surface area contributed by atoms with Crippen LogP contribution in [0.3, 0.4) is 0 Å². The van der Waals surface area contributed by atoms with E-state index in [1.54, 1.807) is 12.1 Å². The first-order valence-corrected chi connectivity index (χ1v) is 20.9. The van der Waals surface area contributed by atoms with Gasteiger partial charge in [0.1, 0.15) is 0 Å². The number of ether oxygens (including phenoxy) is 1. The molecular weight excluding hydrogens is 537 g/mol. The standard InChI is InChI=1S/C32H54O6Si2/c1-13-35-29(34)32-19-15-14-17-24(32)23(21-25(33)26-18-16-20-36-26)28(38-40(11,12)31(6,7)8)27(22(32)2)37-39(9,10)30(3,4)5/h14,16-18,20,22-24,27-28H,13,15,19,21H2,1-12H3/t22-,23+,24-,27-,28+,32-/m1/s1. The second-order valence-corrected chi connectivity index (χ2v) is 24.5. The molecule has 1 aromatic rings. The molecule has 6 nitrogen and oxygen atoms in total. The third-order valence-electron chi connectivity index (χ3n) is 10.5. The monoisotopic (exact) mass is 590 g/mol. The van der Waals surface area contributed by atoms with E-state index in [9.17, 15) is 9.59 Å². The van der Waals surface area contributed by atoms with Gasteiger partial charge in [-0.2, -0.15) is 0 Å². The van der Waals surface area contributed by atoms with Gasteiger partial charge in [0.15, 0.2) is 28.2 Å². The van der Waals surface area contributed by atoms with Gasteiger partial charge < -0.3 is 18.0 Å². The zero-order valence-corrected chi connectivity index (χ0v) is 29.1. The molecule has 2 aliphatic rings. The summed E-state index contributed by atoms with van der Waals surface area (Å²) >= 11 is 0. The van der Waals surface area contributed by atoms with Crippen molar-refractivity contribution in [1.29, 1.82) is 0 Å². The molecule has 8 heteroatoms. The number of carbonyl (C=O) groups excluding carboxylic acids is 2. The smallest absolute Gasteiger partial charge is 0.313 e. The molecule has 0 N–H and O–H groups in total. The first kappa shape index (κ1) is 33.0. The van der Waals surface area contributed by atoms with Crippen molar-refractivity contribution in [3.8, 4) is 0 Å². The maximum atomic E-state index is 14.0. The lowest BCUT2D eigenvalue weighted by Gasteiger charge is -2.59. The zero-order chi connectivity index (χ0) is 30.3. The van der Waals surface area contributed by atoms with Crippen molar-refractivity contribution in [2.45, 2.75) is 123 Å². The maximum Gasteiger partial charge on any atom is 0.313 e. The van der Waals surface area contributed by atoms with Crippen LogP contribution in [0.2, 0.25) is 36.3 Å². The minimum atomic E-state index is -2.31. The Bertz CT molecular complexity index is 1060. The van der Waals surface area contributed by atoms with Crippen LogP contribution >= 0.6 is 0 Å². The third-order valence-corrected chi connectivity index (χ3v) is 19.5. The summed E-state index contributed by atoms with van der Waals surface area (Å²) < 4.78 is 26.0. The highest BCUT2D eigenvalue weighted by atomic mass is 28.4. The highest BCUT2D eigenvalue weighted by Gasteiger charge is 2.64. The molecular formula is C32H54O6Si2. The maximum absolute atomic E-state index is 14.0. The fourth-order valence-electron chi connectivity index (χ4n) is 6.03. The van der Waals surface area contributed by atoms with Gasteiger partial charge in [-0.25, -0.2) is 0 Å². The summed E-state index contributed by atoms with van der Waals surface area (Å²) in [7, 11) is -4.61. The normalized spacial score (nSPS) is 29.6. The summed E-state index contributed by atoms with van der Waals surface area (Å²) in [5.41, 5.74) is -0.792. The minimum absolute atomic E-state index is 0.0336. The van der Waals surface area contributed by atoms with Crippen LogP contribution in [0.5, 0.6) is 0 Å². The Kier molecular flexibility index (Phi) is 9.62. The van der Waals surface area contributed by atoms with Crippen LogP contribution in [-0.2, 0) is 18.4 Å². The van der Waals surface area contributed by atoms with E-state index in [1.165, 1.54) is 6.26 Å². The molecule has 40 heavy (non-hydrogen) atoms. The number of fused-ring (bicyclic) bond motifs is 1. The van der Waals surface area contributed by atoms with Gasteiger partial charge in [-0.3, -0.25) is 9.59 Å². The lowest BCUT2D eigenvalue weighted by atomic mass is 9.51. The van der Waals surface area contributed by atoms with E-state index in [0.29, 0.717) is 18.8 Å². The molecule has 0 unspecified atom stereocenters. The quantitative estimate of drug-likeness (QED) is 0.124. The number of allylic oxidation sites excluding steroid dienone is 2. The van der Waals surface area contributed by atoms with E-state index in [4.69, 9.17) is 18.0 Å². The summed E-state index contributed by atoms with van der Waals surface area (Å²) in [6, 6.07) is 3.46. The Morgan fingerprint density at radius 3 is 2.08 bits per heavy atom. The van der Waals surface area contributed by atoms with Crippen molar-refractivity contribution in [1.82, 2.24) is 0 Å². The van der Waals surface area contributed by atoms with Crippen molar-refractivity contribution >= 4 is 28.4 Å². The molecule has 0 aliphatic heterocycles. The number of carbonyl (C=O) groups is 2. The summed E-state index contributed by atoms with van der Waals surface area (Å²) in [4.78, 5) is 27.7. The van der Waals surface area contributed by atoms with E-state index in [1.807, 2.05) is 6.92 Å². The molecule has 6 atom stereocenters. The Balaban J connectivity index is 2.25. The molecule has 0 aromatic carbocycles. The van der Waals surface area contributed by atoms with Gasteiger partial charge in [-0.1, -0.05) is 60.6 Å². The van der Waals surface area contributed by atoms with Gasteiger partial charge in [0.2, 0.25) is 0 Å². The number of esters is 1. The second kappa shape index (κ2) is 11.7. The van der Waals surface area contributed by atoms with E-state index < -0.39 is 22.0 Å². The average molecular weight is 591 g/mol. The Hall–Kier alpha value is -1.49. The first-order chi connectivity index (χ1) is 18.3. The van der Waals surface area contributed by atoms with Gasteiger partial charge >= 0.3 is 5.97 Å². The van der Waals surface area contributed by atoms with Crippen molar-refractivity contribution in [3.63, 3.8) is 0 Å². The highest BCUT2D eigenvalue weighted by Crippen LogP contribution is 2.58. The molecule has 0 radical (unpaired) electrons. The van der Waals surface area contributed by atoms with Crippen LogP contribution in [0.4, 0.5) is 0 Å². The molecule has 1 heterocycles. The van der Waals surface area contributed by atoms with Crippen LogP contribution in [0.1, 0.15) is 85.2 Å². The van der Waals surface area contributed by atoms with Crippen LogP contribution in [0, 0.1) is 23.2 Å². The molecule has 0 spiro atoms. The first-order valence-electron chi connectivity index (χ1n) is 15.1. The highest BCUT2D eigenvalue weighted by molar-refractivity contribution is 6.74. The number of hydrogen-bond donors (Lipinski definition) is 0. The summed E-state index contributed by atoms with van der Waals surface area (Å²) in [6.45, 7) is 26.8. The largest absolute Gasteiger partial charge is 0.466 e. The fourth-order valence-corrected chi connectivity index (χ4v) is 8.74. The summed E-state index contributed by atoms with van der Waals surface area (Å²) in [6.07, 6.45) is 6.85. The lowest BCUT2D eigenvalue weighted by Crippen LogP contribution is -2.66. The minimum Gasteiger partial charge on any atom is -0.466 e. The van der Waals surface area contributed by atoms with E-state index in [2.05, 4.69) is 86.8 Å². The molecule has 0 bridgehead atoms. The Morgan fingerprint density at radius 1 is 1.00 bits per heavy atom. The predicted octanol–water partition coefficient (Wildman–Crippen LogP) is 8.41. The van der Waals surface area contributed by atoms with Gasteiger partial charge in [0, 0.05) is 18.3 Å². The van der Waals surface area contributed by atoms with Gasteiger partial charge in [0.05, 0.1) is 30.5 Å². The molecule has 1 saturated carbocycles. The molecule has 0 saturated heterocycles. The predicted molar refractivity (Wildman–Crippen MR) is 165 cm³/mol. The van der Waals surface area contributed by atoms with E-state index in [-0.39, 0.29) is 58.2 Å². The number of ketones is 1. The third kappa shape index (κ3) is 6.15. The average Bonchev–Trinajstić information content (AvgIpc) is 3.37. The van der Waals surface area contributed by atoms with Gasteiger partial charge in [-0.05, 0) is 74.1 Å². The van der Waals surface area contributed by atoms with Crippen molar-refractivity contribution in [2.75, 3.05) is 6.61 Å². The second-order valence-electron chi connectivity index (χ2n) is 15.0. The Morgan fingerprint density at radius 2 is 1.57 bits per heavy atom. The lowest BCUT2D eigenvalue weighted by molar-refractivity contribution is -0.189. The molecule has 226 valence electrons. The number of furan rings is 1. The number of hydrogen-bond acceptors (Lipinski definition) is 6. The SMILES string of the molecule is CCOC(=O)[C@@]12CCC=C[C@@H]1[C@H](CC(=O)c1ccco1)[C@H](O[Si](C)(C)C(C)(C)C)[C@H](O[Si](C)(C)C(C)(C)C)[C@H]2C. The zero-order valence-electron chi connectivity index (χ0n) is 27.1. The van der Waals surface area contributed by atoms with Crippen molar-refractivity contribution in [2.24, 2.45) is 23.2 Å². The molecule has 1 aromatic heterocycles. The van der Waals surface area contributed by atoms with Gasteiger partial charge in [-0.15, -0.1) is 0 Å². The van der Waals surface area contributed by atoms with Crippen LogP contribution in [0.25, 0.3) is 0 Å². The van der Waals surface area contributed by atoms with E-state index >= 15 is 0 Å². The number of rotatable bonds is 9. The number of Topliss-reactive ketones (excluding diaryl/α,β-unsaturated/α-hetero) is 1. The topological polar surface area (TPSA) is 75.0 Å². The van der Waals surface area contributed by atoms with Gasteiger partial charge in [0.25, 0.3) is 0 Å².